The highest BCUT2D eigenvalue weighted by molar-refractivity contribution is 9.10. The third-order valence-corrected chi connectivity index (χ3v) is 6.09. The summed E-state index contributed by atoms with van der Waals surface area (Å²) in [5, 5.41) is 4.49. The molecule has 2 atom stereocenters. The molecule has 0 bridgehead atoms. The van der Waals surface area contributed by atoms with Crippen molar-refractivity contribution in [2.45, 2.75) is 38.1 Å². The lowest BCUT2D eigenvalue weighted by Crippen LogP contribution is -2.33. The number of halogens is 1. The van der Waals surface area contributed by atoms with E-state index in [0.717, 1.165) is 32.7 Å². The largest absolute Gasteiger partial charge is 0.495 e. The van der Waals surface area contributed by atoms with Crippen LogP contribution in [0, 0.1) is 5.92 Å². The molecular formula is C16H21BrN2OS. The van der Waals surface area contributed by atoms with E-state index in [9.17, 15) is 0 Å². The monoisotopic (exact) mass is 368 g/mol. The Morgan fingerprint density at radius 3 is 3.10 bits per heavy atom. The maximum Gasteiger partial charge on any atom is 0.161 e. The molecule has 0 aromatic heterocycles. The van der Waals surface area contributed by atoms with Gasteiger partial charge in [-0.1, -0.05) is 31.5 Å². The second-order valence-corrected chi connectivity index (χ2v) is 7.92. The quantitative estimate of drug-likeness (QED) is 0.803. The SMILES string of the molecule is COc1cc(NC2=NC3(CCCC(C)C3)CS2)ccc1Br. The van der Waals surface area contributed by atoms with Crippen LogP contribution in [0.1, 0.15) is 32.6 Å². The fraction of sp³-hybridized carbons (Fsp3) is 0.562. The van der Waals surface area contributed by atoms with Gasteiger partial charge in [0, 0.05) is 17.5 Å². The predicted octanol–water partition coefficient (Wildman–Crippen LogP) is 4.92. The van der Waals surface area contributed by atoms with Crippen LogP contribution in [0.2, 0.25) is 0 Å². The third-order valence-electron chi connectivity index (χ3n) is 4.29. The fourth-order valence-electron chi connectivity index (χ4n) is 3.27. The Balaban J connectivity index is 1.74. The first-order chi connectivity index (χ1) is 10.1. The van der Waals surface area contributed by atoms with E-state index in [1.54, 1.807) is 7.11 Å². The van der Waals surface area contributed by atoms with E-state index in [0.29, 0.717) is 0 Å². The van der Waals surface area contributed by atoms with E-state index >= 15 is 0 Å². The summed E-state index contributed by atoms with van der Waals surface area (Å²) in [6.07, 6.45) is 5.13. The van der Waals surface area contributed by atoms with Crippen molar-refractivity contribution < 1.29 is 4.74 Å². The number of methoxy groups -OCH3 is 1. The molecule has 3 rings (SSSR count). The Hall–Kier alpha value is -0.680. The number of hydrogen-bond donors (Lipinski definition) is 1. The fourth-order valence-corrected chi connectivity index (χ4v) is 4.86. The first-order valence-corrected chi connectivity index (χ1v) is 9.21. The number of thioether (sulfide) groups is 1. The van der Waals surface area contributed by atoms with Crippen molar-refractivity contribution in [2.24, 2.45) is 10.9 Å². The lowest BCUT2D eigenvalue weighted by molar-refractivity contribution is 0.266. The summed E-state index contributed by atoms with van der Waals surface area (Å²) < 4.78 is 6.31. The highest BCUT2D eigenvalue weighted by Gasteiger charge is 2.39. The molecular weight excluding hydrogens is 348 g/mol. The van der Waals surface area contributed by atoms with E-state index in [-0.39, 0.29) is 5.54 Å². The maximum absolute atomic E-state index is 5.34. The second kappa shape index (κ2) is 6.21. The number of ether oxygens (including phenoxy) is 1. The molecule has 1 N–H and O–H groups in total. The minimum atomic E-state index is 0.185. The van der Waals surface area contributed by atoms with Crippen molar-refractivity contribution >= 4 is 38.5 Å². The lowest BCUT2D eigenvalue weighted by Gasteiger charge is -2.33. The van der Waals surface area contributed by atoms with Crippen LogP contribution in [0.5, 0.6) is 5.75 Å². The highest BCUT2D eigenvalue weighted by Crippen LogP contribution is 2.42. The van der Waals surface area contributed by atoms with Crippen LogP contribution >= 0.6 is 27.7 Å². The molecule has 0 radical (unpaired) electrons. The van der Waals surface area contributed by atoms with Crippen LogP contribution in [-0.4, -0.2) is 23.6 Å². The highest BCUT2D eigenvalue weighted by atomic mass is 79.9. The average Bonchev–Trinajstić information content (AvgIpc) is 2.83. The van der Waals surface area contributed by atoms with Gasteiger partial charge in [0.2, 0.25) is 0 Å². The standard InChI is InChI=1S/C16H21BrN2OS/c1-11-4-3-7-16(9-11)10-21-15(19-16)18-12-5-6-13(17)14(8-12)20-2/h5-6,8,11H,3-4,7,9-10H2,1-2H3,(H,18,19). The Bertz CT molecular complexity index is 563. The summed E-state index contributed by atoms with van der Waals surface area (Å²) in [5.74, 6) is 2.76. The molecule has 1 fully saturated rings. The van der Waals surface area contributed by atoms with Crippen molar-refractivity contribution in [3.8, 4) is 5.75 Å². The Morgan fingerprint density at radius 1 is 1.48 bits per heavy atom. The molecule has 1 heterocycles. The number of nitrogens with one attached hydrogen (secondary N) is 1. The van der Waals surface area contributed by atoms with Crippen LogP contribution in [0.25, 0.3) is 0 Å². The first-order valence-electron chi connectivity index (χ1n) is 7.43. The smallest absolute Gasteiger partial charge is 0.161 e. The van der Waals surface area contributed by atoms with Gasteiger partial charge in [-0.3, -0.25) is 4.99 Å². The molecule has 0 amide bonds. The zero-order valence-corrected chi connectivity index (χ0v) is 14.9. The molecule has 5 heteroatoms. The molecule has 3 nitrogen and oxygen atoms in total. The van der Waals surface area contributed by atoms with Crippen LogP contribution < -0.4 is 10.1 Å². The van der Waals surface area contributed by atoms with Gasteiger partial charge in [-0.2, -0.15) is 0 Å². The van der Waals surface area contributed by atoms with Gasteiger partial charge in [-0.05, 0) is 46.8 Å². The zero-order chi connectivity index (χ0) is 14.9. The van der Waals surface area contributed by atoms with Crippen molar-refractivity contribution in [1.82, 2.24) is 0 Å². The lowest BCUT2D eigenvalue weighted by atomic mass is 9.78. The number of benzene rings is 1. The summed E-state index contributed by atoms with van der Waals surface area (Å²) in [6.45, 7) is 2.35. The summed E-state index contributed by atoms with van der Waals surface area (Å²) in [7, 11) is 1.68. The minimum Gasteiger partial charge on any atom is -0.495 e. The summed E-state index contributed by atoms with van der Waals surface area (Å²) >= 11 is 5.33. The molecule has 1 aliphatic carbocycles. The van der Waals surface area contributed by atoms with Crippen molar-refractivity contribution in [3.05, 3.63) is 22.7 Å². The topological polar surface area (TPSA) is 33.6 Å². The van der Waals surface area contributed by atoms with E-state index in [4.69, 9.17) is 9.73 Å². The molecule has 1 aliphatic heterocycles. The van der Waals surface area contributed by atoms with Gasteiger partial charge >= 0.3 is 0 Å². The summed E-state index contributed by atoms with van der Waals surface area (Å²) in [4.78, 5) is 5.02. The zero-order valence-electron chi connectivity index (χ0n) is 12.5. The van der Waals surface area contributed by atoms with Crippen molar-refractivity contribution in [2.75, 3.05) is 18.2 Å². The van der Waals surface area contributed by atoms with Crippen LogP contribution in [0.4, 0.5) is 5.69 Å². The first kappa shape index (κ1) is 15.2. The number of aliphatic imine (C=N–C) groups is 1. The van der Waals surface area contributed by atoms with Gasteiger partial charge in [0.15, 0.2) is 5.17 Å². The number of amidine groups is 1. The Kier molecular flexibility index (Phi) is 4.50. The van der Waals surface area contributed by atoms with Gasteiger partial charge < -0.3 is 10.1 Å². The average molecular weight is 369 g/mol. The van der Waals surface area contributed by atoms with Gasteiger partial charge in [0.25, 0.3) is 0 Å². The maximum atomic E-state index is 5.34. The predicted molar refractivity (Wildman–Crippen MR) is 94.6 cm³/mol. The van der Waals surface area contributed by atoms with Gasteiger partial charge in [0.05, 0.1) is 17.1 Å². The molecule has 2 aliphatic rings. The normalized spacial score (nSPS) is 28.5. The van der Waals surface area contributed by atoms with E-state index in [2.05, 4.69) is 28.2 Å². The van der Waals surface area contributed by atoms with Crippen molar-refractivity contribution in [1.29, 1.82) is 0 Å². The van der Waals surface area contributed by atoms with Crippen LogP contribution in [0.15, 0.2) is 27.7 Å². The molecule has 1 saturated carbocycles. The van der Waals surface area contributed by atoms with Gasteiger partial charge in [0.1, 0.15) is 5.75 Å². The van der Waals surface area contributed by atoms with Gasteiger partial charge in [-0.25, -0.2) is 0 Å². The number of hydrogen-bond acceptors (Lipinski definition) is 4. The molecule has 1 aromatic carbocycles. The van der Waals surface area contributed by atoms with E-state index in [1.165, 1.54) is 25.7 Å². The molecule has 1 aromatic rings. The van der Waals surface area contributed by atoms with E-state index in [1.807, 2.05) is 30.0 Å². The summed E-state index contributed by atoms with van der Waals surface area (Å²) in [5.41, 5.74) is 1.21. The molecule has 114 valence electrons. The van der Waals surface area contributed by atoms with Crippen LogP contribution in [0.3, 0.4) is 0 Å². The number of nitrogens with zero attached hydrogens (tertiary/aromatic N) is 1. The molecule has 21 heavy (non-hydrogen) atoms. The Labute approximate surface area is 139 Å². The van der Waals surface area contributed by atoms with E-state index < -0.39 is 0 Å². The molecule has 2 unspecified atom stereocenters. The van der Waals surface area contributed by atoms with Gasteiger partial charge in [-0.15, -0.1) is 0 Å². The number of anilines is 1. The Morgan fingerprint density at radius 2 is 2.33 bits per heavy atom. The van der Waals surface area contributed by atoms with Crippen molar-refractivity contribution in [3.63, 3.8) is 0 Å². The summed E-state index contributed by atoms with van der Waals surface area (Å²) in [6, 6.07) is 6.05. The second-order valence-electron chi connectivity index (χ2n) is 6.11. The number of rotatable bonds is 2. The molecule has 0 saturated heterocycles. The van der Waals surface area contributed by atoms with Crippen LogP contribution in [-0.2, 0) is 0 Å². The minimum absolute atomic E-state index is 0.185. The molecule has 1 spiro atoms. The third kappa shape index (κ3) is 3.39.